The van der Waals surface area contributed by atoms with Gasteiger partial charge in [-0.05, 0) is 36.3 Å². The van der Waals surface area contributed by atoms with Crippen molar-refractivity contribution in [1.29, 1.82) is 0 Å². The lowest BCUT2D eigenvalue weighted by atomic mass is 10.8. The van der Waals surface area contributed by atoms with Crippen molar-refractivity contribution in [3.05, 3.63) is 11.5 Å². The van der Waals surface area contributed by atoms with Gasteiger partial charge in [-0.3, -0.25) is 0 Å². The average Bonchev–Trinajstić information content (AvgIpc) is 1.83. The van der Waals surface area contributed by atoms with Crippen molar-refractivity contribution < 1.29 is 4.74 Å². The normalized spacial score (nSPS) is 9.75. The molecule has 0 atom stereocenters. The van der Waals surface area contributed by atoms with Gasteiger partial charge in [0.05, 0.1) is 7.11 Å². The highest BCUT2D eigenvalue weighted by molar-refractivity contribution is 8.24. The van der Waals surface area contributed by atoms with E-state index in [-0.39, 0.29) is 0 Å². The summed E-state index contributed by atoms with van der Waals surface area (Å²) in [5, 5.41) is 1.88. The van der Waals surface area contributed by atoms with Gasteiger partial charge in [0.15, 0.2) is 0 Å². The quantitative estimate of drug-likeness (QED) is 0.527. The Kier molecular flexibility index (Phi) is 5.11. The van der Waals surface area contributed by atoms with Crippen LogP contribution in [-0.4, -0.2) is 11.5 Å². The molecular formula is C5H8OS2. The van der Waals surface area contributed by atoms with Crippen LogP contribution >= 0.6 is 24.0 Å². The van der Waals surface area contributed by atoms with Crippen LogP contribution < -0.4 is 0 Å². The maximum Gasteiger partial charge on any atom is 0.223 e. The zero-order chi connectivity index (χ0) is 6.41. The first-order valence-electron chi connectivity index (χ1n) is 2.17. The van der Waals surface area contributed by atoms with Crippen LogP contribution in [0.15, 0.2) is 11.5 Å². The molecule has 0 radical (unpaired) electrons. The van der Waals surface area contributed by atoms with Crippen molar-refractivity contribution in [2.45, 2.75) is 6.92 Å². The first kappa shape index (κ1) is 7.98. The monoisotopic (exact) mass is 148 g/mol. The van der Waals surface area contributed by atoms with Gasteiger partial charge < -0.3 is 4.74 Å². The lowest BCUT2D eigenvalue weighted by Gasteiger charge is -1.92. The topological polar surface area (TPSA) is 9.23 Å². The minimum Gasteiger partial charge on any atom is -0.482 e. The summed E-state index contributed by atoms with van der Waals surface area (Å²) in [6.07, 6.45) is 1.91. The molecule has 0 aromatic rings. The SMILES string of the molecule is CC=CSC(=S)OC. The third-order valence-corrected chi connectivity index (χ3v) is 1.69. The second-order valence-electron chi connectivity index (χ2n) is 1.04. The highest BCUT2D eigenvalue weighted by atomic mass is 32.2. The maximum atomic E-state index is 4.71. The molecule has 0 saturated heterocycles. The molecular weight excluding hydrogens is 140 g/mol. The van der Waals surface area contributed by atoms with Crippen molar-refractivity contribution in [3.63, 3.8) is 0 Å². The average molecular weight is 148 g/mol. The lowest BCUT2D eigenvalue weighted by molar-refractivity contribution is 0.426. The van der Waals surface area contributed by atoms with E-state index in [1.165, 1.54) is 11.8 Å². The molecule has 3 heteroatoms. The van der Waals surface area contributed by atoms with E-state index in [0.717, 1.165) is 0 Å². The van der Waals surface area contributed by atoms with E-state index in [2.05, 4.69) is 0 Å². The minimum absolute atomic E-state index is 0.558. The zero-order valence-corrected chi connectivity index (χ0v) is 6.51. The zero-order valence-electron chi connectivity index (χ0n) is 4.88. The lowest BCUT2D eigenvalue weighted by Crippen LogP contribution is -1.85. The van der Waals surface area contributed by atoms with Crippen LogP contribution in [-0.2, 0) is 4.74 Å². The second kappa shape index (κ2) is 5.12. The smallest absolute Gasteiger partial charge is 0.223 e. The van der Waals surface area contributed by atoms with E-state index < -0.39 is 0 Å². The van der Waals surface area contributed by atoms with E-state index >= 15 is 0 Å². The molecule has 0 spiro atoms. The molecule has 0 saturated carbocycles. The van der Waals surface area contributed by atoms with E-state index in [4.69, 9.17) is 17.0 Å². The fraction of sp³-hybridized carbons (Fsp3) is 0.400. The van der Waals surface area contributed by atoms with Crippen LogP contribution in [0.4, 0.5) is 0 Å². The van der Waals surface area contributed by atoms with Crippen molar-refractivity contribution in [1.82, 2.24) is 0 Å². The van der Waals surface area contributed by atoms with Gasteiger partial charge in [0.2, 0.25) is 4.38 Å². The summed E-state index contributed by atoms with van der Waals surface area (Å²) in [5.74, 6) is 0. The van der Waals surface area contributed by atoms with Gasteiger partial charge in [0.1, 0.15) is 0 Å². The molecule has 0 N–H and O–H groups in total. The Morgan fingerprint density at radius 1 is 1.75 bits per heavy atom. The fourth-order valence-electron chi connectivity index (χ4n) is 0.172. The Bertz CT molecular complexity index is 98.6. The molecule has 0 heterocycles. The summed E-state index contributed by atoms with van der Waals surface area (Å²) >= 11 is 6.12. The summed E-state index contributed by atoms with van der Waals surface area (Å²) in [6.45, 7) is 1.94. The third-order valence-electron chi connectivity index (χ3n) is 0.467. The molecule has 0 aromatic heterocycles. The molecule has 0 bridgehead atoms. The van der Waals surface area contributed by atoms with Gasteiger partial charge in [-0.25, -0.2) is 0 Å². The molecule has 8 heavy (non-hydrogen) atoms. The number of hydrogen-bond donors (Lipinski definition) is 0. The Balaban J connectivity index is 3.25. The first-order chi connectivity index (χ1) is 3.81. The van der Waals surface area contributed by atoms with E-state index in [1.54, 1.807) is 7.11 Å². The Hall–Kier alpha value is -0.0200. The van der Waals surface area contributed by atoms with Gasteiger partial charge in [-0.15, -0.1) is 0 Å². The molecule has 0 aliphatic carbocycles. The molecule has 0 amide bonds. The van der Waals surface area contributed by atoms with Gasteiger partial charge >= 0.3 is 0 Å². The van der Waals surface area contributed by atoms with Crippen molar-refractivity contribution in [2.75, 3.05) is 7.11 Å². The molecule has 0 aliphatic heterocycles. The fourth-order valence-corrected chi connectivity index (χ4v) is 0.682. The summed E-state index contributed by atoms with van der Waals surface area (Å²) in [5.41, 5.74) is 0. The number of ether oxygens (including phenoxy) is 1. The van der Waals surface area contributed by atoms with E-state index in [0.29, 0.717) is 4.38 Å². The highest BCUT2D eigenvalue weighted by Gasteiger charge is 1.86. The number of rotatable bonds is 1. The highest BCUT2D eigenvalue weighted by Crippen LogP contribution is 2.04. The predicted octanol–water partition coefficient (Wildman–Crippen LogP) is 2.18. The van der Waals surface area contributed by atoms with Crippen LogP contribution in [0.5, 0.6) is 0 Å². The predicted molar refractivity (Wildman–Crippen MR) is 42.0 cm³/mol. The van der Waals surface area contributed by atoms with E-state index in [1.807, 2.05) is 18.4 Å². The van der Waals surface area contributed by atoms with Crippen molar-refractivity contribution >= 4 is 28.4 Å². The number of allylic oxidation sites excluding steroid dienone is 1. The van der Waals surface area contributed by atoms with Crippen LogP contribution in [0, 0.1) is 0 Å². The summed E-state index contributed by atoms with van der Waals surface area (Å²) in [7, 11) is 1.57. The number of thiocarbonyl (C=S) groups is 1. The molecule has 46 valence electrons. The van der Waals surface area contributed by atoms with Crippen LogP contribution in [0.1, 0.15) is 6.92 Å². The minimum atomic E-state index is 0.558. The van der Waals surface area contributed by atoms with Gasteiger partial charge in [0, 0.05) is 0 Å². The van der Waals surface area contributed by atoms with Gasteiger partial charge in [-0.2, -0.15) is 0 Å². The molecule has 0 aliphatic rings. The molecule has 0 rings (SSSR count). The number of hydrogen-bond acceptors (Lipinski definition) is 3. The molecule has 1 nitrogen and oxygen atoms in total. The first-order valence-corrected chi connectivity index (χ1v) is 3.45. The molecule has 0 unspecified atom stereocenters. The summed E-state index contributed by atoms with van der Waals surface area (Å²) in [4.78, 5) is 0. The Morgan fingerprint density at radius 3 is 2.75 bits per heavy atom. The summed E-state index contributed by atoms with van der Waals surface area (Å²) in [6, 6.07) is 0. The maximum absolute atomic E-state index is 4.71. The standard InChI is InChI=1S/C5H8OS2/c1-3-4-8-5(7)6-2/h3-4H,1-2H3. The van der Waals surface area contributed by atoms with Crippen LogP contribution in [0.25, 0.3) is 0 Å². The third kappa shape index (κ3) is 4.15. The second-order valence-corrected chi connectivity index (χ2v) is 2.55. The summed E-state index contributed by atoms with van der Waals surface area (Å²) < 4.78 is 5.25. The number of methoxy groups -OCH3 is 1. The molecule has 0 aromatic carbocycles. The van der Waals surface area contributed by atoms with Crippen molar-refractivity contribution in [3.8, 4) is 0 Å². The number of thioether (sulfide) groups is 1. The van der Waals surface area contributed by atoms with Gasteiger partial charge in [-0.1, -0.05) is 6.08 Å². The van der Waals surface area contributed by atoms with Gasteiger partial charge in [0.25, 0.3) is 0 Å². The van der Waals surface area contributed by atoms with Crippen LogP contribution in [0.3, 0.4) is 0 Å². The van der Waals surface area contributed by atoms with Crippen molar-refractivity contribution in [2.24, 2.45) is 0 Å². The van der Waals surface area contributed by atoms with Crippen LogP contribution in [0.2, 0.25) is 0 Å². The Labute approximate surface area is 59.1 Å². The molecule has 0 fully saturated rings. The Morgan fingerprint density at radius 2 is 2.38 bits per heavy atom. The largest absolute Gasteiger partial charge is 0.482 e. The van der Waals surface area contributed by atoms with E-state index in [9.17, 15) is 0 Å².